The van der Waals surface area contributed by atoms with Crippen molar-refractivity contribution in [3.8, 4) is 0 Å². The van der Waals surface area contributed by atoms with Crippen molar-refractivity contribution in [1.82, 2.24) is 20.4 Å². The van der Waals surface area contributed by atoms with Crippen molar-refractivity contribution in [2.45, 2.75) is 77.2 Å². The van der Waals surface area contributed by atoms with Gasteiger partial charge in [-0.15, -0.1) is 0 Å². The number of carbonyl (C=O) groups excluding carboxylic acids is 2. The van der Waals surface area contributed by atoms with Crippen LogP contribution in [0.5, 0.6) is 0 Å². The number of benzene rings is 1. The van der Waals surface area contributed by atoms with E-state index in [1.165, 1.54) is 44.1 Å². The van der Waals surface area contributed by atoms with E-state index in [2.05, 4.69) is 39.5 Å². The van der Waals surface area contributed by atoms with Gasteiger partial charge in [-0.2, -0.15) is 0 Å². The number of rotatable bonds is 10. The normalized spacial score (nSPS) is 30.4. The van der Waals surface area contributed by atoms with Crippen LogP contribution in [0.15, 0.2) is 24.3 Å². The largest absolute Gasteiger partial charge is 0.354 e. The molecule has 1 aromatic rings. The first-order chi connectivity index (χ1) is 17.8. The highest BCUT2D eigenvalue weighted by atomic mass is 16.2. The zero-order valence-corrected chi connectivity index (χ0v) is 23.3. The number of likely N-dealkylation sites (N-methyl/N-ethyl adjacent to an activating group) is 1. The number of carbonyl (C=O) groups is 2. The van der Waals surface area contributed by atoms with Crippen molar-refractivity contribution in [1.29, 1.82) is 0 Å². The maximum Gasteiger partial charge on any atom is 0.251 e. The van der Waals surface area contributed by atoms with Crippen LogP contribution < -0.4 is 10.6 Å². The summed E-state index contributed by atoms with van der Waals surface area (Å²) in [5.74, 6) is 2.52. The molecule has 1 aliphatic heterocycles. The summed E-state index contributed by atoms with van der Waals surface area (Å²) in [5, 5.41) is 6.10. The van der Waals surface area contributed by atoms with Crippen LogP contribution in [0.3, 0.4) is 0 Å². The molecule has 6 rings (SSSR count). The lowest BCUT2D eigenvalue weighted by Crippen LogP contribution is -2.50. The maximum absolute atomic E-state index is 13.1. The van der Waals surface area contributed by atoms with Gasteiger partial charge in [0.2, 0.25) is 5.91 Å². The minimum absolute atomic E-state index is 0.0253. The quantitative estimate of drug-likeness (QED) is 0.468. The maximum atomic E-state index is 13.1. The van der Waals surface area contributed by atoms with E-state index in [0.717, 1.165) is 63.4 Å². The zero-order valence-electron chi connectivity index (χ0n) is 23.3. The molecule has 204 valence electrons. The molecule has 1 heterocycles. The first kappa shape index (κ1) is 26.7. The van der Waals surface area contributed by atoms with Crippen LogP contribution in [0.25, 0.3) is 0 Å². The van der Waals surface area contributed by atoms with Crippen LogP contribution >= 0.6 is 0 Å². The first-order valence-electron chi connectivity index (χ1n) is 15.0. The van der Waals surface area contributed by atoms with Crippen LogP contribution in [0.4, 0.5) is 0 Å². The Kier molecular flexibility index (Phi) is 8.25. The Morgan fingerprint density at radius 2 is 1.49 bits per heavy atom. The summed E-state index contributed by atoms with van der Waals surface area (Å²) >= 11 is 0. The second-order valence-electron chi connectivity index (χ2n) is 12.9. The molecule has 1 saturated heterocycles. The number of nitrogens with zero attached hydrogens (tertiary/aromatic N) is 2. The van der Waals surface area contributed by atoms with Crippen molar-refractivity contribution in [3.63, 3.8) is 0 Å². The summed E-state index contributed by atoms with van der Waals surface area (Å²) in [5.41, 5.74) is 2.42. The van der Waals surface area contributed by atoms with Gasteiger partial charge in [0.15, 0.2) is 0 Å². The zero-order chi connectivity index (χ0) is 26.0. The standard InChI is InChI=1S/C31H48N4O2/c1-4-34-12-14-35(15-13-34)11-5-10-32-30(37)28(22(2)3)33-29(36)26-6-8-27(9-7-26)31-19-23-16-24(20-31)18-25(17-23)21-31/h6-9,22-25,28H,4-5,10-21H2,1-3H3,(H,32,37)(H,33,36)/t23?,24?,25?,28-,31?/m1/s1. The van der Waals surface area contributed by atoms with Crippen LogP contribution in [-0.4, -0.2) is 73.5 Å². The highest BCUT2D eigenvalue weighted by Gasteiger charge is 2.51. The Morgan fingerprint density at radius 3 is 2.03 bits per heavy atom. The minimum atomic E-state index is -0.525. The van der Waals surface area contributed by atoms with E-state index in [0.29, 0.717) is 17.5 Å². The molecule has 5 aliphatic rings. The van der Waals surface area contributed by atoms with Crippen LogP contribution in [0.1, 0.15) is 81.6 Å². The second-order valence-corrected chi connectivity index (χ2v) is 12.9. The molecule has 1 atom stereocenters. The average Bonchev–Trinajstić information content (AvgIpc) is 2.89. The summed E-state index contributed by atoms with van der Waals surface area (Å²) in [4.78, 5) is 31.0. The molecule has 2 amide bonds. The molecule has 4 saturated carbocycles. The fourth-order valence-corrected chi connectivity index (χ4v) is 8.15. The Hall–Kier alpha value is -1.92. The van der Waals surface area contributed by atoms with Gasteiger partial charge in [0.05, 0.1) is 0 Å². The van der Waals surface area contributed by atoms with E-state index in [9.17, 15) is 9.59 Å². The van der Waals surface area contributed by atoms with Crippen molar-refractivity contribution in [2.24, 2.45) is 23.7 Å². The van der Waals surface area contributed by atoms with E-state index in [-0.39, 0.29) is 17.7 Å². The van der Waals surface area contributed by atoms with Crippen LogP contribution in [0, 0.1) is 23.7 Å². The van der Waals surface area contributed by atoms with E-state index < -0.39 is 6.04 Å². The Balaban J connectivity index is 1.11. The number of hydrogen-bond donors (Lipinski definition) is 2. The molecule has 4 bridgehead atoms. The van der Waals surface area contributed by atoms with Gasteiger partial charge in [0.25, 0.3) is 5.91 Å². The van der Waals surface area contributed by atoms with Gasteiger partial charge in [-0.05, 0) is 105 Å². The topological polar surface area (TPSA) is 64.7 Å². The summed E-state index contributed by atoms with van der Waals surface area (Å²) in [6, 6.07) is 7.84. The van der Waals surface area contributed by atoms with Gasteiger partial charge < -0.3 is 20.4 Å². The minimum Gasteiger partial charge on any atom is -0.354 e. The third-order valence-corrected chi connectivity index (χ3v) is 9.90. The van der Waals surface area contributed by atoms with E-state index >= 15 is 0 Å². The highest BCUT2D eigenvalue weighted by molar-refractivity contribution is 5.97. The number of nitrogens with one attached hydrogen (secondary N) is 2. The monoisotopic (exact) mass is 508 g/mol. The molecular formula is C31H48N4O2. The lowest BCUT2D eigenvalue weighted by atomic mass is 9.48. The molecule has 4 aliphatic carbocycles. The fourth-order valence-electron chi connectivity index (χ4n) is 8.15. The van der Waals surface area contributed by atoms with E-state index in [1.54, 1.807) is 0 Å². The molecule has 0 spiro atoms. The summed E-state index contributed by atoms with van der Waals surface area (Å²) in [7, 11) is 0. The van der Waals surface area contributed by atoms with Gasteiger partial charge in [-0.1, -0.05) is 32.9 Å². The SMILES string of the molecule is CCN1CCN(CCCNC(=O)[C@H](NC(=O)c2ccc(C34CC5CC(CC(C5)C3)C4)cc2)C(C)C)CC1. The highest BCUT2D eigenvalue weighted by Crippen LogP contribution is 2.60. The Labute approximate surface area is 223 Å². The molecule has 0 unspecified atom stereocenters. The number of hydrogen-bond acceptors (Lipinski definition) is 4. The Morgan fingerprint density at radius 1 is 0.919 bits per heavy atom. The predicted molar refractivity (Wildman–Crippen MR) is 149 cm³/mol. The predicted octanol–water partition coefficient (Wildman–Crippen LogP) is 4.05. The molecule has 2 N–H and O–H groups in total. The second kappa shape index (κ2) is 11.4. The van der Waals surface area contributed by atoms with Gasteiger partial charge in [-0.3, -0.25) is 9.59 Å². The number of piperazine rings is 1. The third-order valence-electron chi connectivity index (χ3n) is 9.90. The molecule has 5 fully saturated rings. The van der Waals surface area contributed by atoms with Crippen LogP contribution in [0.2, 0.25) is 0 Å². The summed E-state index contributed by atoms with van der Waals surface area (Å²) in [6.07, 6.45) is 9.23. The van der Waals surface area contributed by atoms with Crippen molar-refractivity contribution in [2.75, 3.05) is 45.8 Å². The molecular weight excluding hydrogens is 460 g/mol. The molecule has 6 nitrogen and oxygen atoms in total. The average molecular weight is 509 g/mol. The molecule has 37 heavy (non-hydrogen) atoms. The fraction of sp³-hybridized carbons (Fsp3) is 0.742. The molecule has 1 aromatic carbocycles. The lowest BCUT2D eigenvalue weighted by Gasteiger charge is -2.57. The van der Waals surface area contributed by atoms with Crippen molar-refractivity contribution in [3.05, 3.63) is 35.4 Å². The van der Waals surface area contributed by atoms with Gasteiger partial charge in [0, 0.05) is 38.3 Å². The summed E-state index contributed by atoms with van der Waals surface area (Å²) < 4.78 is 0. The molecule has 0 aromatic heterocycles. The first-order valence-corrected chi connectivity index (χ1v) is 15.0. The van der Waals surface area contributed by atoms with Crippen molar-refractivity contribution >= 4 is 11.8 Å². The smallest absolute Gasteiger partial charge is 0.251 e. The van der Waals surface area contributed by atoms with E-state index in [4.69, 9.17) is 0 Å². The van der Waals surface area contributed by atoms with Gasteiger partial charge in [0.1, 0.15) is 6.04 Å². The van der Waals surface area contributed by atoms with Gasteiger partial charge in [-0.25, -0.2) is 0 Å². The van der Waals surface area contributed by atoms with E-state index in [1.807, 2.05) is 26.0 Å². The Bertz CT molecular complexity index is 900. The van der Waals surface area contributed by atoms with Gasteiger partial charge >= 0.3 is 0 Å². The van der Waals surface area contributed by atoms with Crippen molar-refractivity contribution < 1.29 is 9.59 Å². The molecule has 0 radical (unpaired) electrons. The molecule has 6 heteroatoms. The van der Waals surface area contributed by atoms with Crippen LogP contribution in [-0.2, 0) is 10.2 Å². The summed E-state index contributed by atoms with van der Waals surface area (Å²) in [6.45, 7) is 13.5. The number of amides is 2. The lowest BCUT2D eigenvalue weighted by molar-refractivity contribution is -0.123. The third kappa shape index (κ3) is 6.06.